The number of carbonyl (C=O) groups is 1. The minimum atomic E-state index is -0.110. The second kappa shape index (κ2) is 12.4. The number of rotatable bonds is 9. The fourth-order valence-corrected chi connectivity index (χ4v) is 7.91. The number of nitrogens with zero attached hydrogens (tertiary/aromatic N) is 3. The fraction of sp³-hybridized carbons (Fsp3) is 0.219. The van der Waals surface area contributed by atoms with Crippen molar-refractivity contribution < 1.29 is 14.3 Å². The van der Waals surface area contributed by atoms with Gasteiger partial charge in [-0.05, 0) is 75.9 Å². The summed E-state index contributed by atoms with van der Waals surface area (Å²) in [6, 6.07) is 23.0. The highest BCUT2D eigenvalue weighted by atomic mass is 79.9. The Balaban J connectivity index is 1.36. The Hall–Kier alpha value is -3.44. The molecule has 1 aliphatic rings. The number of carbonyl (C=O) groups excluding carboxylic acids is 1. The molecule has 0 fully saturated rings. The maximum Gasteiger partial charge on any atom is 0.267 e. The van der Waals surface area contributed by atoms with Gasteiger partial charge in [0, 0.05) is 30.1 Å². The Morgan fingerprint density at radius 3 is 2.55 bits per heavy atom. The van der Waals surface area contributed by atoms with Gasteiger partial charge in [0.15, 0.2) is 10.9 Å². The average Bonchev–Trinajstić information content (AvgIpc) is 3.38. The number of ketones is 1. The first kappa shape index (κ1) is 28.7. The smallest absolute Gasteiger partial charge is 0.267 e. The molecule has 5 aromatic rings. The van der Waals surface area contributed by atoms with Gasteiger partial charge in [-0.1, -0.05) is 42.1 Å². The summed E-state index contributed by atoms with van der Waals surface area (Å²) in [5.41, 5.74) is 3.49. The summed E-state index contributed by atoms with van der Waals surface area (Å²) in [4.78, 5) is 36.7. The lowest BCUT2D eigenvalue weighted by atomic mass is 10.0. The Labute approximate surface area is 260 Å². The minimum Gasteiger partial charge on any atom is -0.497 e. The van der Waals surface area contributed by atoms with E-state index in [2.05, 4.69) is 45.1 Å². The topological polar surface area (TPSA) is 73.7 Å². The average molecular weight is 663 g/mol. The van der Waals surface area contributed by atoms with E-state index in [0.717, 1.165) is 36.4 Å². The van der Waals surface area contributed by atoms with E-state index >= 15 is 0 Å². The lowest BCUT2D eigenvalue weighted by molar-refractivity contribution is 0.102. The van der Waals surface area contributed by atoms with E-state index in [0.29, 0.717) is 37.8 Å². The minimum absolute atomic E-state index is 0.0685. The van der Waals surface area contributed by atoms with Crippen LogP contribution in [0.25, 0.3) is 15.9 Å². The van der Waals surface area contributed by atoms with Crippen LogP contribution in [0, 0.1) is 0 Å². The number of methoxy groups -OCH3 is 2. The molecule has 0 saturated carbocycles. The molecule has 7 nitrogen and oxygen atoms in total. The lowest BCUT2D eigenvalue weighted by Gasteiger charge is -2.26. The van der Waals surface area contributed by atoms with Gasteiger partial charge in [-0.2, -0.15) is 0 Å². The van der Waals surface area contributed by atoms with Crippen molar-refractivity contribution in [1.82, 2.24) is 14.5 Å². The number of aromatic nitrogens is 2. The first-order valence-electron chi connectivity index (χ1n) is 13.4. The van der Waals surface area contributed by atoms with Crippen molar-refractivity contribution in [3.63, 3.8) is 0 Å². The first-order chi connectivity index (χ1) is 20.4. The van der Waals surface area contributed by atoms with E-state index in [1.165, 1.54) is 22.2 Å². The van der Waals surface area contributed by atoms with Gasteiger partial charge in [-0.3, -0.25) is 19.1 Å². The zero-order chi connectivity index (χ0) is 29.2. The zero-order valence-electron chi connectivity index (χ0n) is 23.1. The summed E-state index contributed by atoms with van der Waals surface area (Å²) in [6.07, 6.45) is 0.791. The van der Waals surface area contributed by atoms with E-state index < -0.39 is 0 Å². The summed E-state index contributed by atoms with van der Waals surface area (Å²) in [5.74, 6) is 1.41. The van der Waals surface area contributed by atoms with Gasteiger partial charge < -0.3 is 9.47 Å². The highest BCUT2D eigenvalue weighted by Gasteiger charge is 2.26. The van der Waals surface area contributed by atoms with E-state index in [4.69, 9.17) is 14.5 Å². The molecule has 0 spiro atoms. The summed E-state index contributed by atoms with van der Waals surface area (Å²) < 4.78 is 13.0. The molecule has 3 heterocycles. The van der Waals surface area contributed by atoms with Crippen LogP contribution in [-0.2, 0) is 19.5 Å². The Morgan fingerprint density at radius 2 is 1.83 bits per heavy atom. The Morgan fingerprint density at radius 1 is 1.05 bits per heavy atom. The van der Waals surface area contributed by atoms with Crippen molar-refractivity contribution in [3.8, 4) is 17.2 Å². The molecule has 3 aromatic carbocycles. The number of thioether (sulfide) groups is 1. The molecule has 0 aliphatic carbocycles. The zero-order valence-corrected chi connectivity index (χ0v) is 26.4. The van der Waals surface area contributed by atoms with Crippen LogP contribution < -0.4 is 15.0 Å². The van der Waals surface area contributed by atoms with Crippen LogP contribution >= 0.6 is 39.0 Å². The summed E-state index contributed by atoms with van der Waals surface area (Å²) in [6.45, 7) is 2.52. The van der Waals surface area contributed by atoms with Crippen molar-refractivity contribution in [2.45, 2.75) is 24.7 Å². The molecule has 6 rings (SSSR count). The molecule has 0 amide bonds. The number of benzene rings is 3. The monoisotopic (exact) mass is 661 g/mol. The maximum absolute atomic E-state index is 14.2. The van der Waals surface area contributed by atoms with E-state index in [-0.39, 0.29) is 17.1 Å². The van der Waals surface area contributed by atoms with Crippen LogP contribution in [-0.4, -0.2) is 46.8 Å². The van der Waals surface area contributed by atoms with E-state index in [1.807, 2.05) is 30.3 Å². The Kier molecular flexibility index (Phi) is 8.48. The number of thiophene rings is 1. The van der Waals surface area contributed by atoms with Crippen LogP contribution in [0.15, 0.2) is 87.2 Å². The molecule has 0 N–H and O–H groups in total. The summed E-state index contributed by atoms with van der Waals surface area (Å²) >= 11 is 6.31. The largest absolute Gasteiger partial charge is 0.497 e. The van der Waals surface area contributed by atoms with Gasteiger partial charge in [-0.15, -0.1) is 11.3 Å². The quantitative estimate of drug-likeness (QED) is 0.0982. The molecule has 10 heteroatoms. The molecule has 1 aliphatic heterocycles. The van der Waals surface area contributed by atoms with E-state index in [9.17, 15) is 9.59 Å². The normalized spacial score (nSPS) is 13.2. The second-order valence-corrected chi connectivity index (χ2v) is 12.8. The second-order valence-electron chi connectivity index (χ2n) is 9.92. The van der Waals surface area contributed by atoms with Gasteiger partial charge >= 0.3 is 0 Å². The molecule has 2 aromatic heterocycles. The highest BCUT2D eigenvalue weighted by molar-refractivity contribution is 9.10. The third kappa shape index (κ3) is 5.76. The number of hydrogen-bond acceptors (Lipinski definition) is 8. The predicted octanol–water partition coefficient (Wildman–Crippen LogP) is 6.76. The van der Waals surface area contributed by atoms with Crippen LogP contribution in [0.5, 0.6) is 11.5 Å². The third-order valence-corrected chi connectivity index (χ3v) is 9.98. The predicted molar refractivity (Wildman–Crippen MR) is 172 cm³/mol. The third-order valence-electron chi connectivity index (χ3n) is 7.31. The van der Waals surface area contributed by atoms with Crippen molar-refractivity contribution >= 4 is 55.0 Å². The number of Topliss-reactive ketones (excluding diaryl/α,β-unsaturated/α-hetero) is 1. The SMILES string of the molecule is COc1ccc(-n2c(SCC(=O)c3ccc(OC)c(Br)c3)nc3sc4c(c3c2=O)CCN(Cc2ccccc2)C4)cc1. The van der Waals surface area contributed by atoms with Gasteiger partial charge in [0.2, 0.25) is 0 Å². The molecule has 0 radical (unpaired) electrons. The van der Waals surface area contributed by atoms with Crippen LogP contribution in [0.4, 0.5) is 0 Å². The number of halogens is 1. The number of fused-ring (bicyclic) bond motifs is 3. The molecule has 0 saturated heterocycles. The number of ether oxygens (including phenoxy) is 2. The van der Waals surface area contributed by atoms with Gasteiger partial charge in [-0.25, -0.2) is 4.98 Å². The van der Waals surface area contributed by atoms with Crippen molar-refractivity contribution in [2.24, 2.45) is 0 Å². The number of hydrogen-bond donors (Lipinski definition) is 0. The van der Waals surface area contributed by atoms with Gasteiger partial charge in [0.1, 0.15) is 16.3 Å². The molecular formula is C32H28BrN3O4S2. The molecule has 0 bridgehead atoms. The Bertz CT molecular complexity index is 1820. The maximum atomic E-state index is 14.2. The van der Waals surface area contributed by atoms with Crippen LogP contribution in [0.1, 0.15) is 26.4 Å². The van der Waals surface area contributed by atoms with Crippen molar-refractivity contribution in [1.29, 1.82) is 0 Å². The molecule has 0 unspecified atom stereocenters. The van der Waals surface area contributed by atoms with Crippen LogP contribution in [0.2, 0.25) is 0 Å². The molecular weight excluding hydrogens is 634 g/mol. The molecule has 0 atom stereocenters. The highest BCUT2D eigenvalue weighted by Crippen LogP contribution is 2.35. The van der Waals surface area contributed by atoms with Gasteiger partial charge in [0.05, 0.1) is 35.5 Å². The van der Waals surface area contributed by atoms with Crippen molar-refractivity contribution in [3.05, 3.63) is 109 Å². The molecule has 42 heavy (non-hydrogen) atoms. The first-order valence-corrected chi connectivity index (χ1v) is 16.0. The fourth-order valence-electron chi connectivity index (χ4n) is 5.16. The lowest BCUT2D eigenvalue weighted by Crippen LogP contribution is -2.30. The summed E-state index contributed by atoms with van der Waals surface area (Å²) in [7, 11) is 3.19. The standard InChI is InChI=1S/C32H28BrN3O4S2/c1-39-23-11-9-22(10-12-23)36-31(38)29-24-14-15-35(17-20-6-4-3-5-7-20)18-28(24)42-30(29)34-32(36)41-19-26(37)21-8-13-27(40-2)25(33)16-21/h3-13,16H,14-15,17-19H2,1-2H3. The van der Waals surface area contributed by atoms with Crippen LogP contribution in [0.3, 0.4) is 0 Å². The van der Waals surface area contributed by atoms with E-state index in [1.54, 1.807) is 48.3 Å². The van der Waals surface area contributed by atoms with Crippen molar-refractivity contribution in [2.75, 3.05) is 26.5 Å². The summed E-state index contributed by atoms with van der Waals surface area (Å²) in [5, 5.41) is 1.17. The molecule has 214 valence electrons. The van der Waals surface area contributed by atoms with Gasteiger partial charge in [0.25, 0.3) is 5.56 Å².